The molecule has 0 bridgehead atoms. The summed E-state index contributed by atoms with van der Waals surface area (Å²) in [6.45, 7) is 0. The third-order valence-electron chi connectivity index (χ3n) is 7.51. The standard InChI is InChI=1S/C34H26N2/c1-35-22-29(25-17-9-11-19-30(25)35)33-28(24-15-7-4-8-16-24)21-27(23-13-5-3-6-14-23)32-26-18-10-12-20-31(26)36(2)34(32)33/h3-22H,1-2H3. The van der Waals surface area contributed by atoms with Crippen LogP contribution in [0.5, 0.6) is 0 Å². The summed E-state index contributed by atoms with van der Waals surface area (Å²) in [6, 6.07) is 41.5. The van der Waals surface area contributed by atoms with Crippen molar-refractivity contribution in [3.63, 3.8) is 0 Å². The molecule has 0 unspecified atom stereocenters. The number of hydrogen-bond donors (Lipinski definition) is 0. The van der Waals surface area contributed by atoms with E-state index in [0.717, 1.165) is 0 Å². The van der Waals surface area contributed by atoms with Crippen molar-refractivity contribution in [2.75, 3.05) is 0 Å². The van der Waals surface area contributed by atoms with Crippen molar-refractivity contribution in [1.29, 1.82) is 0 Å². The molecule has 0 aliphatic rings. The molecule has 0 saturated carbocycles. The van der Waals surface area contributed by atoms with Gasteiger partial charge in [-0.05, 0) is 40.5 Å². The van der Waals surface area contributed by atoms with E-state index in [4.69, 9.17) is 0 Å². The van der Waals surface area contributed by atoms with Gasteiger partial charge >= 0.3 is 0 Å². The monoisotopic (exact) mass is 462 g/mol. The maximum Gasteiger partial charge on any atom is 0.0581 e. The highest BCUT2D eigenvalue weighted by atomic mass is 14.9. The van der Waals surface area contributed by atoms with Gasteiger partial charge in [0.25, 0.3) is 0 Å². The largest absolute Gasteiger partial charge is 0.350 e. The molecule has 0 aliphatic carbocycles. The van der Waals surface area contributed by atoms with Gasteiger partial charge in [-0.3, -0.25) is 0 Å². The third-order valence-corrected chi connectivity index (χ3v) is 7.51. The average molecular weight is 463 g/mol. The molecule has 0 N–H and O–H groups in total. The molecule has 2 heterocycles. The predicted molar refractivity (Wildman–Crippen MR) is 153 cm³/mol. The zero-order valence-corrected chi connectivity index (χ0v) is 20.4. The van der Waals surface area contributed by atoms with Gasteiger partial charge in [0.1, 0.15) is 0 Å². The van der Waals surface area contributed by atoms with Gasteiger partial charge in [-0.15, -0.1) is 0 Å². The molecule has 7 aromatic rings. The van der Waals surface area contributed by atoms with Gasteiger partial charge in [0, 0.05) is 58.6 Å². The normalized spacial score (nSPS) is 11.6. The van der Waals surface area contributed by atoms with Crippen LogP contribution in [0.25, 0.3) is 66.1 Å². The molecule has 2 nitrogen and oxygen atoms in total. The predicted octanol–water partition coefficient (Wildman–Crippen LogP) is 8.82. The van der Waals surface area contributed by atoms with Crippen LogP contribution in [0.15, 0.2) is 121 Å². The first-order valence-electron chi connectivity index (χ1n) is 12.4. The molecule has 0 amide bonds. The van der Waals surface area contributed by atoms with Gasteiger partial charge in [0.15, 0.2) is 0 Å². The lowest BCUT2D eigenvalue weighted by molar-refractivity contribution is 0.970. The van der Waals surface area contributed by atoms with Crippen molar-refractivity contribution >= 4 is 32.7 Å². The van der Waals surface area contributed by atoms with Crippen molar-refractivity contribution in [3.8, 4) is 33.4 Å². The highest BCUT2D eigenvalue weighted by Crippen LogP contribution is 2.48. The fraction of sp³-hybridized carbons (Fsp3) is 0.0588. The van der Waals surface area contributed by atoms with Crippen LogP contribution >= 0.6 is 0 Å². The van der Waals surface area contributed by atoms with Gasteiger partial charge < -0.3 is 9.13 Å². The topological polar surface area (TPSA) is 9.86 Å². The smallest absolute Gasteiger partial charge is 0.0581 e. The van der Waals surface area contributed by atoms with Crippen molar-refractivity contribution in [2.45, 2.75) is 0 Å². The van der Waals surface area contributed by atoms with Gasteiger partial charge in [-0.25, -0.2) is 0 Å². The second kappa shape index (κ2) is 8.00. The van der Waals surface area contributed by atoms with E-state index < -0.39 is 0 Å². The minimum Gasteiger partial charge on any atom is -0.350 e. The minimum absolute atomic E-state index is 1.23. The number of hydrogen-bond acceptors (Lipinski definition) is 0. The summed E-state index contributed by atoms with van der Waals surface area (Å²) in [7, 11) is 4.36. The summed E-state index contributed by atoms with van der Waals surface area (Å²) < 4.78 is 4.64. The first-order chi connectivity index (χ1) is 17.7. The van der Waals surface area contributed by atoms with Crippen LogP contribution in [0.4, 0.5) is 0 Å². The van der Waals surface area contributed by atoms with Crippen LogP contribution in [0.2, 0.25) is 0 Å². The van der Waals surface area contributed by atoms with E-state index in [1.165, 1.54) is 66.1 Å². The molecule has 172 valence electrons. The van der Waals surface area contributed by atoms with E-state index in [-0.39, 0.29) is 0 Å². The molecule has 2 aromatic heterocycles. The van der Waals surface area contributed by atoms with Crippen LogP contribution in [0.1, 0.15) is 0 Å². The number of rotatable bonds is 3. The Balaban J connectivity index is 1.75. The second-order valence-corrected chi connectivity index (χ2v) is 9.55. The van der Waals surface area contributed by atoms with Crippen LogP contribution in [-0.4, -0.2) is 9.13 Å². The lowest BCUT2D eigenvalue weighted by Gasteiger charge is -2.17. The Morgan fingerprint density at radius 2 is 1.06 bits per heavy atom. The summed E-state index contributed by atoms with van der Waals surface area (Å²) in [4.78, 5) is 0. The molecule has 5 aromatic carbocycles. The molecule has 0 fully saturated rings. The molecular weight excluding hydrogens is 436 g/mol. The Kier molecular flexibility index (Phi) is 4.62. The van der Waals surface area contributed by atoms with Crippen molar-refractivity contribution in [3.05, 3.63) is 121 Å². The van der Waals surface area contributed by atoms with E-state index in [2.05, 4.69) is 145 Å². The van der Waals surface area contributed by atoms with E-state index in [9.17, 15) is 0 Å². The molecule has 0 aliphatic heterocycles. The number of benzene rings is 5. The third kappa shape index (κ3) is 2.98. The van der Waals surface area contributed by atoms with Crippen LogP contribution < -0.4 is 0 Å². The molecule has 2 heteroatoms. The summed E-state index contributed by atoms with van der Waals surface area (Å²) >= 11 is 0. The molecule has 7 rings (SSSR count). The lowest BCUT2D eigenvalue weighted by atomic mass is 9.87. The molecule has 0 spiro atoms. The number of nitrogens with zero attached hydrogens (tertiary/aromatic N) is 2. The molecule has 0 saturated heterocycles. The Hall–Kier alpha value is -4.56. The summed E-state index contributed by atoms with van der Waals surface area (Å²) in [5.74, 6) is 0. The van der Waals surface area contributed by atoms with Crippen LogP contribution in [-0.2, 0) is 14.1 Å². The first-order valence-corrected chi connectivity index (χ1v) is 12.4. The fourth-order valence-corrected chi connectivity index (χ4v) is 5.88. The zero-order chi connectivity index (χ0) is 24.2. The Morgan fingerprint density at radius 3 is 1.75 bits per heavy atom. The molecule has 0 radical (unpaired) electrons. The SMILES string of the molecule is Cn1cc(-c2c(-c3ccccc3)cc(-c3ccccc3)c3c4ccccc4n(C)c23)c2ccccc21. The van der Waals surface area contributed by atoms with Crippen molar-refractivity contribution in [2.24, 2.45) is 14.1 Å². The number of para-hydroxylation sites is 2. The zero-order valence-electron chi connectivity index (χ0n) is 20.4. The summed E-state index contributed by atoms with van der Waals surface area (Å²) in [6.07, 6.45) is 2.30. The number of aromatic nitrogens is 2. The molecule has 0 atom stereocenters. The average Bonchev–Trinajstić information content (AvgIpc) is 3.43. The molecule has 36 heavy (non-hydrogen) atoms. The van der Waals surface area contributed by atoms with Gasteiger partial charge in [-0.1, -0.05) is 97.1 Å². The van der Waals surface area contributed by atoms with Gasteiger partial charge in [-0.2, -0.15) is 0 Å². The summed E-state index contributed by atoms with van der Waals surface area (Å²) in [5.41, 5.74) is 11.3. The Morgan fingerprint density at radius 1 is 0.500 bits per heavy atom. The van der Waals surface area contributed by atoms with E-state index in [1.807, 2.05) is 0 Å². The minimum atomic E-state index is 1.23. The quantitative estimate of drug-likeness (QED) is 0.248. The van der Waals surface area contributed by atoms with Crippen molar-refractivity contribution in [1.82, 2.24) is 9.13 Å². The molecular formula is C34H26N2. The lowest BCUT2D eigenvalue weighted by Crippen LogP contribution is -1.95. The summed E-state index contributed by atoms with van der Waals surface area (Å²) in [5, 5.41) is 3.87. The second-order valence-electron chi connectivity index (χ2n) is 9.55. The Labute approximate surface area is 210 Å². The Bertz CT molecular complexity index is 1890. The number of aryl methyl sites for hydroxylation is 2. The van der Waals surface area contributed by atoms with Crippen LogP contribution in [0, 0.1) is 0 Å². The van der Waals surface area contributed by atoms with Crippen molar-refractivity contribution < 1.29 is 0 Å². The van der Waals surface area contributed by atoms with E-state index in [1.54, 1.807) is 0 Å². The van der Waals surface area contributed by atoms with Crippen LogP contribution in [0.3, 0.4) is 0 Å². The van der Waals surface area contributed by atoms with E-state index in [0.29, 0.717) is 0 Å². The van der Waals surface area contributed by atoms with Gasteiger partial charge in [0.05, 0.1) is 5.52 Å². The highest BCUT2D eigenvalue weighted by Gasteiger charge is 2.23. The van der Waals surface area contributed by atoms with E-state index >= 15 is 0 Å². The highest BCUT2D eigenvalue weighted by molar-refractivity contribution is 6.22. The first kappa shape index (κ1) is 20.8. The fourth-order valence-electron chi connectivity index (χ4n) is 5.88. The number of fused-ring (bicyclic) bond motifs is 4. The maximum atomic E-state index is 2.41. The van der Waals surface area contributed by atoms with Gasteiger partial charge in [0.2, 0.25) is 0 Å². The maximum absolute atomic E-state index is 2.41.